The highest BCUT2D eigenvalue weighted by atomic mass is 35.5. The third-order valence-corrected chi connectivity index (χ3v) is 3.55. The molecular formula is C13H11ClN2O4. The molecule has 1 N–H and O–H groups in total. The zero-order valence-corrected chi connectivity index (χ0v) is 11.3. The summed E-state index contributed by atoms with van der Waals surface area (Å²) < 4.78 is 5.20. The van der Waals surface area contributed by atoms with Crippen molar-refractivity contribution >= 4 is 40.3 Å². The van der Waals surface area contributed by atoms with Crippen molar-refractivity contribution in [1.82, 2.24) is 5.16 Å². The molecule has 0 saturated heterocycles. The molecule has 1 fully saturated rings. The summed E-state index contributed by atoms with van der Waals surface area (Å²) >= 11 is 6.09. The van der Waals surface area contributed by atoms with Crippen molar-refractivity contribution in [3.8, 4) is 0 Å². The Morgan fingerprint density at radius 3 is 2.70 bits per heavy atom. The van der Waals surface area contributed by atoms with Gasteiger partial charge in [0.2, 0.25) is 5.91 Å². The Kier molecular flexibility index (Phi) is 2.90. The minimum atomic E-state index is -1.35. The van der Waals surface area contributed by atoms with Gasteiger partial charge in [0.05, 0.1) is 16.4 Å². The lowest BCUT2D eigenvalue weighted by molar-refractivity contribution is -0.116. The lowest BCUT2D eigenvalue weighted by atomic mass is 10.1. The molecule has 0 aliphatic heterocycles. The second kappa shape index (κ2) is 4.49. The van der Waals surface area contributed by atoms with Crippen LogP contribution in [0.5, 0.6) is 0 Å². The van der Waals surface area contributed by atoms with E-state index >= 15 is 0 Å². The molecule has 0 unspecified atom stereocenters. The third-order valence-electron chi connectivity index (χ3n) is 3.27. The molecule has 6 nitrogen and oxygen atoms in total. The number of anilines is 1. The lowest BCUT2D eigenvalue weighted by Gasteiger charge is -2.15. The predicted molar refractivity (Wildman–Crippen MR) is 72.2 cm³/mol. The summed E-state index contributed by atoms with van der Waals surface area (Å²) in [6.07, 6.45) is 0.704. The van der Waals surface area contributed by atoms with E-state index < -0.39 is 12.0 Å². The third kappa shape index (κ3) is 2.02. The van der Waals surface area contributed by atoms with E-state index in [-0.39, 0.29) is 10.7 Å². The van der Waals surface area contributed by atoms with Gasteiger partial charge in [-0.15, -0.1) is 0 Å². The normalized spacial score (nSPS) is 14.5. The van der Waals surface area contributed by atoms with Gasteiger partial charge in [-0.1, -0.05) is 16.8 Å². The maximum absolute atomic E-state index is 11.5. The maximum atomic E-state index is 11.5. The lowest BCUT2D eigenvalue weighted by Crippen LogP contribution is -2.33. The Labute approximate surface area is 118 Å². The highest BCUT2D eigenvalue weighted by Crippen LogP contribution is 2.44. The van der Waals surface area contributed by atoms with Crippen molar-refractivity contribution in [1.29, 1.82) is 0 Å². The van der Waals surface area contributed by atoms with Crippen molar-refractivity contribution < 1.29 is 19.2 Å². The molecule has 7 heteroatoms. The maximum Gasteiger partial charge on any atom is 0.418 e. The second-order valence-electron chi connectivity index (χ2n) is 4.78. The molecule has 1 saturated carbocycles. The minimum absolute atomic E-state index is 0.201. The number of benzene rings is 1. The predicted octanol–water partition coefficient (Wildman–Crippen LogP) is 3.39. The standard InChI is InChI=1S/C13H11ClN2O4/c1-6(17)16(13(18)19)8-4-9-11(7-2-3-7)15-20-12(9)10(14)5-8/h4-5,7H,2-3H2,1H3,(H,18,19). The molecule has 0 radical (unpaired) electrons. The number of imide groups is 1. The molecule has 2 amide bonds. The highest BCUT2D eigenvalue weighted by Gasteiger charge is 2.30. The van der Waals surface area contributed by atoms with Gasteiger partial charge in [-0.25, -0.2) is 9.69 Å². The van der Waals surface area contributed by atoms with Crippen LogP contribution < -0.4 is 4.90 Å². The van der Waals surface area contributed by atoms with Gasteiger partial charge in [0.25, 0.3) is 0 Å². The summed E-state index contributed by atoms with van der Waals surface area (Å²) in [5, 5.41) is 14.0. The summed E-state index contributed by atoms with van der Waals surface area (Å²) in [4.78, 5) is 23.3. The van der Waals surface area contributed by atoms with Crippen molar-refractivity contribution in [2.75, 3.05) is 4.90 Å². The van der Waals surface area contributed by atoms with E-state index in [1.54, 1.807) is 6.07 Å². The summed E-state index contributed by atoms with van der Waals surface area (Å²) in [6.45, 7) is 1.18. The van der Waals surface area contributed by atoms with Crippen LogP contribution in [0.15, 0.2) is 16.7 Å². The van der Waals surface area contributed by atoms with E-state index in [9.17, 15) is 9.59 Å². The number of halogens is 1. The van der Waals surface area contributed by atoms with Gasteiger partial charge in [-0.2, -0.15) is 0 Å². The van der Waals surface area contributed by atoms with Crippen LogP contribution in [0.4, 0.5) is 10.5 Å². The summed E-state index contributed by atoms with van der Waals surface area (Å²) in [7, 11) is 0. The Morgan fingerprint density at radius 1 is 1.45 bits per heavy atom. The Morgan fingerprint density at radius 2 is 2.15 bits per heavy atom. The van der Waals surface area contributed by atoms with E-state index in [2.05, 4.69) is 5.16 Å². The first-order valence-corrected chi connectivity index (χ1v) is 6.49. The van der Waals surface area contributed by atoms with Gasteiger partial charge >= 0.3 is 6.09 Å². The van der Waals surface area contributed by atoms with Crippen molar-refractivity contribution in [2.24, 2.45) is 0 Å². The quantitative estimate of drug-likeness (QED) is 0.917. The van der Waals surface area contributed by atoms with Crippen LogP contribution in [0, 0.1) is 0 Å². The van der Waals surface area contributed by atoms with E-state index in [1.807, 2.05) is 0 Å². The fourth-order valence-corrected chi connectivity index (χ4v) is 2.46. The van der Waals surface area contributed by atoms with E-state index in [0.29, 0.717) is 21.8 Å². The zero-order chi connectivity index (χ0) is 14.4. The van der Waals surface area contributed by atoms with Crippen LogP contribution in [0.1, 0.15) is 31.4 Å². The number of carbonyl (C=O) groups is 2. The summed E-state index contributed by atoms with van der Waals surface area (Å²) in [6, 6.07) is 2.97. The topological polar surface area (TPSA) is 83.6 Å². The molecule has 3 rings (SSSR count). The van der Waals surface area contributed by atoms with Crippen LogP contribution in [-0.2, 0) is 4.79 Å². The molecular weight excluding hydrogens is 284 g/mol. The van der Waals surface area contributed by atoms with Crippen molar-refractivity contribution in [2.45, 2.75) is 25.7 Å². The number of nitrogens with zero attached hydrogens (tertiary/aromatic N) is 2. The molecule has 1 aromatic heterocycles. The number of fused-ring (bicyclic) bond motifs is 1. The van der Waals surface area contributed by atoms with E-state index in [4.69, 9.17) is 21.2 Å². The Bertz CT molecular complexity index is 706. The molecule has 1 aliphatic carbocycles. The minimum Gasteiger partial charge on any atom is -0.464 e. The van der Waals surface area contributed by atoms with Crippen LogP contribution in [0.25, 0.3) is 11.0 Å². The van der Waals surface area contributed by atoms with Crippen LogP contribution in [0.3, 0.4) is 0 Å². The van der Waals surface area contributed by atoms with Gasteiger partial charge in [-0.3, -0.25) is 4.79 Å². The molecule has 20 heavy (non-hydrogen) atoms. The average molecular weight is 295 g/mol. The van der Waals surface area contributed by atoms with Crippen LogP contribution in [-0.4, -0.2) is 22.3 Å². The van der Waals surface area contributed by atoms with Gasteiger partial charge in [0, 0.05) is 18.2 Å². The summed E-state index contributed by atoms with van der Waals surface area (Å²) in [5.41, 5.74) is 1.40. The van der Waals surface area contributed by atoms with Gasteiger partial charge in [0.15, 0.2) is 5.58 Å². The first-order chi connectivity index (χ1) is 9.49. The average Bonchev–Trinajstić information content (AvgIpc) is 3.09. The fraction of sp³-hybridized carbons (Fsp3) is 0.308. The fourth-order valence-electron chi connectivity index (χ4n) is 2.21. The monoisotopic (exact) mass is 294 g/mol. The Hall–Kier alpha value is -2.08. The number of hydrogen-bond acceptors (Lipinski definition) is 4. The van der Waals surface area contributed by atoms with Gasteiger partial charge < -0.3 is 9.63 Å². The zero-order valence-electron chi connectivity index (χ0n) is 10.6. The molecule has 0 atom stereocenters. The number of carbonyl (C=O) groups excluding carboxylic acids is 1. The van der Waals surface area contributed by atoms with Crippen molar-refractivity contribution in [3.05, 3.63) is 22.8 Å². The summed E-state index contributed by atoms with van der Waals surface area (Å²) in [5.74, 6) is -0.268. The first kappa shape index (κ1) is 12.9. The largest absolute Gasteiger partial charge is 0.464 e. The van der Waals surface area contributed by atoms with Crippen LogP contribution >= 0.6 is 11.6 Å². The van der Waals surface area contributed by atoms with Crippen molar-refractivity contribution in [3.63, 3.8) is 0 Å². The van der Waals surface area contributed by atoms with Gasteiger partial charge in [-0.05, 0) is 25.0 Å². The number of amides is 2. The van der Waals surface area contributed by atoms with Gasteiger partial charge in [0.1, 0.15) is 0 Å². The molecule has 1 heterocycles. The molecule has 104 valence electrons. The smallest absolute Gasteiger partial charge is 0.418 e. The number of rotatable bonds is 2. The SMILES string of the molecule is CC(=O)N(C(=O)O)c1cc(Cl)c2onc(C3CC3)c2c1. The molecule has 0 bridgehead atoms. The molecule has 0 spiro atoms. The number of aromatic nitrogens is 1. The van der Waals surface area contributed by atoms with E-state index in [0.717, 1.165) is 18.5 Å². The number of carboxylic acid groups (broad SMARTS) is 1. The van der Waals surface area contributed by atoms with Crippen LogP contribution in [0.2, 0.25) is 5.02 Å². The number of hydrogen-bond donors (Lipinski definition) is 1. The second-order valence-corrected chi connectivity index (χ2v) is 5.19. The van der Waals surface area contributed by atoms with E-state index in [1.165, 1.54) is 13.0 Å². The molecule has 1 aromatic carbocycles. The molecule has 1 aliphatic rings. The highest BCUT2D eigenvalue weighted by molar-refractivity contribution is 6.35. The Balaban J connectivity index is 2.18. The molecule has 2 aromatic rings. The first-order valence-electron chi connectivity index (χ1n) is 6.11.